The Morgan fingerprint density at radius 2 is 1.88 bits per heavy atom. The predicted octanol–water partition coefficient (Wildman–Crippen LogP) is 3.55. The number of likely N-dealkylation sites (tertiary alicyclic amines) is 1. The number of urea groups is 1. The molecule has 0 bridgehead atoms. The topological polar surface area (TPSA) is 68.9 Å². The number of nitrogens with one attached hydrogen (secondary N) is 1. The maximum atomic E-state index is 13.8. The van der Waals surface area contributed by atoms with Gasteiger partial charge < -0.3 is 14.6 Å². The summed E-state index contributed by atoms with van der Waals surface area (Å²) >= 11 is 0. The lowest BCUT2D eigenvalue weighted by atomic mass is 9.81. The summed E-state index contributed by atoms with van der Waals surface area (Å²) in [4.78, 5) is 36.7. The Morgan fingerprint density at radius 3 is 2.58 bits per heavy atom. The van der Waals surface area contributed by atoms with Crippen LogP contribution in [0.3, 0.4) is 0 Å². The molecule has 1 aromatic heterocycles. The van der Waals surface area contributed by atoms with Gasteiger partial charge in [-0.1, -0.05) is 30.3 Å². The summed E-state index contributed by atoms with van der Waals surface area (Å²) in [6.07, 6.45) is 1.66. The molecule has 0 unspecified atom stereocenters. The first-order valence-corrected chi connectivity index (χ1v) is 11.6. The predicted molar refractivity (Wildman–Crippen MR) is 125 cm³/mol. The minimum Gasteiger partial charge on any atom is -0.497 e. The number of benzene rings is 2. The zero-order valence-electron chi connectivity index (χ0n) is 19.0. The Morgan fingerprint density at radius 1 is 1.09 bits per heavy atom. The molecule has 0 radical (unpaired) electrons. The average molecular weight is 445 g/mol. The zero-order chi connectivity index (χ0) is 22.7. The van der Waals surface area contributed by atoms with Gasteiger partial charge in [0.05, 0.1) is 7.11 Å². The lowest BCUT2D eigenvalue weighted by Gasteiger charge is -2.42. The van der Waals surface area contributed by atoms with Crippen molar-refractivity contribution in [3.8, 4) is 5.75 Å². The third kappa shape index (κ3) is 2.92. The van der Waals surface area contributed by atoms with Crippen molar-refractivity contribution in [3.63, 3.8) is 0 Å². The summed E-state index contributed by atoms with van der Waals surface area (Å²) in [6.45, 7) is 5.19. The van der Waals surface area contributed by atoms with E-state index in [1.807, 2.05) is 60.4 Å². The highest BCUT2D eigenvalue weighted by molar-refractivity contribution is 6.08. The van der Waals surface area contributed by atoms with Gasteiger partial charge in [0, 0.05) is 36.1 Å². The Kier molecular flexibility index (Phi) is 4.52. The summed E-state index contributed by atoms with van der Waals surface area (Å²) in [5, 5.41) is 1.05. The van der Waals surface area contributed by atoms with E-state index in [-0.39, 0.29) is 18.0 Å². The fourth-order valence-electron chi connectivity index (χ4n) is 5.64. The molecule has 3 amide bonds. The number of fused-ring (bicyclic) bond motifs is 4. The van der Waals surface area contributed by atoms with Crippen molar-refractivity contribution >= 4 is 22.8 Å². The van der Waals surface area contributed by atoms with Crippen molar-refractivity contribution < 1.29 is 14.3 Å². The van der Waals surface area contributed by atoms with Crippen LogP contribution in [-0.4, -0.2) is 70.4 Å². The SMILES string of the molecule is COc1ccc2[nH]c3c(c2c1)C[C@@]1(C)C(=O)N(CCN2CCC2)C(=O)N1[C@@H]3c1ccccc1. The van der Waals surface area contributed by atoms with Gasteiger partial charge in [-0.25, -0.2) is 4.79 Å². The largest absolute Gasteiger partial charge is 0.497 e. The highest BCUT2D eigenvalue weighted by Crippen LogP contribution is 2.48. The second kappa shape index (κ2) is 7.35. The number of ether oxygens (including phenoxy) is 1. The van der Waals surface area contributed by atoms with Gasteiger partial charge in [0.1, 0.15) is 17.3 Å². The third-order valence-electron chi connectivity index (χ3n) is 7.58. The molecule has 6 rings (SSSR count). The minimum atomic E-state index is -0.933. The van der Waals surface area contributed by atoms with E-state index in [4.69, 9.17) is 4.74 Å². The molecule has 1 N–H and O–H groups in total. The molecule has 4 heterocycles. The van der Waals surface area contributed by atoms with Crippen molar-refractivity contribution in [3.05, 3.63) is 65.4 Å². The van der Waals surface area contributed by atoms with Crippen LogP contribution in [0.4, 0.5) is 4.79 Å². The normalized spacial score (nSPS) is 24.7. The number of nitrogens with zero attached hydrogens (tertiary/aromatic N) is 3. The van der Waals surface area contributed by atoms with Crippen LogP contribution in [0.25, 0.3) is 10.9 Å². The highest BCUT2D eigenvalue weighted by Gasteiger charge is 2.60. The molecular formula is C26H28N4O3. The van der Waals surface area contributed by atoms with Crippen molar-refractivity contribution in [1.82, 2.24) is 19.7 Å². The highest BCUT2D eigenvalue weighted by atomic mass is 16.5. The number of aromatic amines is 1. The first-order chi connectivity index (χ1) is 16.0. The van der Waals surface area contributed by atoms with Gasteiger partial charge >= 0.3 is 6.03 Å². The molecule has 0 saturated carbocycles. The molecule has 0 spiro atoms. The smallest absolute Gasteiger partial charge is 0.328 e. The molecule has 2 fully saturated rings. The maximum Gasteiger partial charge on any atom is 0.328 e. The van der Waals surface area contributed by atoms with Crippen LogP contribution in [0.15, 0.2) is 48.5 Å². The fraction of sp³-hybridized carbons (Fsp3) is 0.385. The van der Waals surface area contributed by atoms with Gasteiger partial charge in [0.2, 0.25) is 0 Å². The van der Waals surface area contributed by atoms with Crippen LogP contribution in [0.2, 0.25) is 0 Å². The minimum absolute atomic E-state index is 0.100. The molecular weight excluding hydrogens is 416 g/mol. The van der Waals surface area contributed by atoms with E-state index in [2.05, 4.69) is 9.88 Å². The van der Waals surface area contributed by atoms with Crippen molar-refractivity contribution in [2.75, 3.05) is 33.3 Å². The zero-order valence-corrected chi connectivity index (χ0v) is 19.0. The number of rotatable bonds is 5. The lowest BCUT2D eigenvalue weighted by molar-refractivity contribution is -0.133. The van der Waals surface area contributed by atoms with E-state index in [1.54, 1.807) is 7.11 Å². The number of hydrogen-bond donors (Lipinski definition) is 1. The molecule has 0 aliphatic carbocycles. The van der Waals surface area contributed by atoms with Crippen molar-refractivity contribution in [2.24, 2.45) is 0 Å². The van der Waals surface area contributed by atoms with Gasteiger partial charge in [0.25, 0.3) is 5.91 Å². The molecule has 7 heteroatoms. The van der Waals surface area contributed by atoms with E-state index in [0.29, 0.717) is 13.0 Å². The number of hydrogen-bond acceptors (Lipinski definition) is 4. The molecule has 3 aromatic rings. The van der Waals surface area contributed by atoms with E-state index < -0.39 is 5.54 Å². The molecule has 2 atom stereocenters. The van der Waals surface area contributed by atoms with Crippen LogP contribution < -0.4 is 4.74 Å². The maximum absolute atomic E-state index is 13.8. The second-order valence-corrected chi connectivity index (χ2v) is 9.50. The molecule has 2 aromatic carbocycles. The monoisotopic (exact) mass is 444 g/mol. The molecule has 2 saturated heterocycles. The van der Waals surface area contributed by atoms with Crippen LogP contribution in [-0.2, 0) is 11.2 Å². The summed E-state index contributed by atoms with van der Waals surface area (Å²) in [7, 11) is 1.66. The van der Waals surface area contributed by atoms with E-state index in [9.17, 15) is 9.59 Å². The number of carbonyl (C=O) groups excluding carboxylic acids is 2. The Balaban J connectivity index is 1.49. The Bertz CT molecular complexity index is 1250. The van der Waals surface area contributed by atoms with E-state index in [1.165, 1.54) is 11.3 Å². The van der Waals surface area contributed by atoms with Gasteiger partial charge in [-0.3, -0.25) is 14.6 Å². The fourth-order valence-corrected chi connectivity index (χ4v) is 5.64. The van der Waals surface area contributed by atoms with E-state index in [0.717, 1.165) is 53.1 Å². The summed E-state index contributed by atoms with van der Waals surface area (Å²) in [5.74, 6) is 0.676. The van der Waals surface area contributed by atoms with Crippen LogP contribution >= 0.6 is 0 Å². The molecule has 7 nitrogen and oxygen atoms in total. The number of imide groups is 1. The quantitative estimate of drug-likeness (QED) is 0.611. The Labute approximate surface area is 192 Å². The van der Waals surface area contributed by atoms with Gasteiger partial charge in [-0.2, -0.15) is 0 Å². The number of aromatic nitrogens is 1. The van der Waals surface area contributed by atoms with Gasteiger partial charge in [0.15, 0.2) is 0 Å². The van der Waals surface area contributed by atoms with Crippen LogP contribution in [0.5, 0.6) is 5.75 Å². The number of H-pyrrole nitrogens is 1. The summed E-state index contributed by atoms with van der Waals surface area (Å²) in [5.41, 5.74) is 3.11. The van der Waals surface area contributed by atoms with Crippen molar-refractivity contribution in [1.29, 1.82) is 0 Å². The Hall–Kier alpha value is -3.32. The molecule has 33 heavy (non-hydrogen) atoms. The van der Waals surface area contributed by atoms with Gasteiger partial charge in [-0.15, -0.1) is 0 Å². The van der Waals surface area contributed by atoms with Crippen LogP contribution in [0.1, 0.15) is 36.2 Å². The first kappa shape index (κ1) is 20.3. The lowest BCUT2D eigenvalue weighted by Crippen LogP contribution is -2.53. The number of amides is 3. The number of methoxy groups -OCH3 is 1. The molecule has 3 aliphatic rings. The summed E-state index contributed by atoms with van der Waals surface area (Å²) in [6, 6.07) is 15.4. The molecule has 170 valence electrons. The molecule has 3 aliphatic heterocycles. The number of carbonyl (C=O) groups is 2. The van der Waals surface area contributed by atoms with Crippen molar-refractivity contribution in [2.45, 2.75) is 31.3 Å². The summed E-state index contributed by atoms with van der Waals surface area (Å²) < 4.78 is 5.47. The average Bonchev–Trinajstić information content (AvgIpc) is 3.24. The van der Waals surface area contributed by atoms with E-state index >= 15 is 0 Å². The van der Waals surface area contributed by atoms with Gasteiger partial charge in [-0.05, 0) is 55.8 Å². The standard InChI is InChI=1S/C26H28N4O3/c1-26-16-20-19-15-18(33-2)9-10-21(19)27-22(20)23(17-7-4-3-5-8-17)30(26)25(32)29(24(26)31)14-13-28-11-6-12-28/h3-5,7-10,15,23,27H,6,11-14,16H2,1-2H3/t23-,26+/m1/s1. The third-order valence-corrected chi connectivity index (χ3v) is 7.58. The first-order valence-electron chi connectivity index (χ1n) is 11.6. The second-order valence-electron chi connectivity index (χ2n) is 9.50. The van der Waals surface area contributed by atoms with Crippen LogP contribution in [0, 0.1) is 0 Å².